The van der Waals surface area contributed by atoms with Gasteiger partial charge in [0.05, 0.1) is 15.6 Å². The quantitative estimate of drug-likeness (QED) is 0.620. The fourth-order valence-electron chi connectivity index (χ4n) is 2.74. The monoisotopic (exact) mass is 375 g/mol. The maximum Gasteiger partial charge on any atom is 0.261 e. The third-order valence-electron chi connectivity index (χ3n) is 3.99. The van der Waals surface area contributed by atoms with Crippen molar-refractivity contribution in [2.45, 2.75) is 24.7 Å². The smallest absolute Gasteiger partial charge is 0.261 e. The predicted octanol–water partition coefficient (Wildman–Crippen LogP) is 4.95. The fourth-order valence-corrected chi connectivity index (χ4v) is 4.02. The molecule has 0 saturated carbocycles. The normalized spacial score (nSPS) is 11.6. The van der Waals surface area contributed by atoms with Crippen molar-refractivity contribution in [3.8, 4) is 5.75 Å². The number of rotatable bonds is 5. The number of anilines is 1. The Bertz CT molecular complexity index is 1010. The molecule has 0 aliphatic heterocycles. The lowest BCUT2D eigenvalue weighted by Gasteiger charge is -2.13. The van der Waals surface area contributed by atoms with Crippen molar-refractivity contribution < 1.29 is 13.5 Å². The van der Waals surface area contributed by atoms with Crippen molar-refractivity contribution in [3.63, 3.8) is 0 Å². The molecule has 3 rings (SSSR count). The Morgan fingerprint density at radius 1 is 1.04 bits per heavy atom. The SMILES string of the molecule is CCCc1ccc(S(=O)(=O)Nc2cc(Cl)c(O)c3ccccc23)cc1. The molecule has 3 aromatic rings. The van der Waals surface area contributed by atoms with E-state index in [0.717, 1.165) is 18.4 Å². The highest BCUT2D eigenvalue weighted by molar-refractivity contribution is 7.92. The first-order valence-corrected chi connectivity index (χ1v) is 9.80. The molecule has 0 radical (unpaired) electrons. The lowest BCUT2D eigenvalue weighted by Crippen LogP contribution is -2.13. The molecule has 0 atom stereocenters. The van der Waals surface area contributed by atoms with Crippen molar-refractivity contribution >= 4 is 38.1 Å². The van der Waals surface area contributed by atoms with E-state index in [1.807, 2.05) is 12.1 Å². The highest BCUT2D eigenvalue weighted by Crippen LogP contribution is 2.38. The van der Waals surface area contributed by atoms with Crippen LogP contribution in [-0.4, -0.2) is 13.5 Å². The third kappa shape index (κ3) is 3.57. The van der Waals surface area contributed by atoms with Gasteiger partial charge in [0.2, 0.25) is 0 Å². The molecule has 0 heterocycles. The van der Waals surface area contributed by atoms with E-state index in [2.05, 4.69) is 11.6 Å². The minimum atomic E-state index is -3.76. The summed E-state index contributed by atoms with van der Waals surface area (Å²) in [6.45, 7) is 2.08. The molecule has 25 heavy (non-hydrogen) atoms. The van der Waals surface area contributed by atoms with Gasteiger partial charge in [-0.3, -0.25) is 4.72 Å². The molecule has 130 valence electrons. The van der Waals surface area contributed by atoms with Gasteiger partial charge in [-0.25, -0.2) is 8.42 Å². The van der Waals surface area contributed by atoms with E-state index in [1.54, 1.807) is 36.4 Å². The molecule has 0 unspecified atom stereocenters. The van der Waals surface area contributed by atoms with Crippen molar-refractivity contribution in [3.05, 3.63) is 65.2 Å². The number of hydrogen-bond acceptors (Lipinski definition) is 3. The number of halogens is 1. The van der Waals surface area contributed by atoms with Gasteiger partial charge in [-0.2, -0.15) is 0 Å². The standard InChI is InChI=1S/C19H18ClNO3S/c1-2-5-13-8-10-14(11-9-13)25(23,24)21-18-12-17(20)19(22)16-7-4-3-6-15(16)18/h3-4,6-12,21-22H,2,5H2,1H3. The lowest BCUT2D eigenvalue weighted by molar-refractivity contribution is 0.482. The molecule has 4 nitrogen and oxygen atoms in total. The number of phenols is 1. The van der Waals surface area contributed by atoms with Gasteiger partial charge in [0.1, 0.15) is 5.75 Å². The molecule has 0 spiro atoms. The summed E-state index contributed by atoms with van der Waals surface area (Å²) in [5.41, 5.74) is 1.43. The summed E-state index contributed by atoms with van der Waals surface area (Å²) < 4.78 is 28.0. The van der Waals surface area contributed by atoms with Crippen LogP contribution in [0, 0.1) is 0 Å². The third-order valence-corrected chi connectivity index (χ3v) is 5.66. The molecular formula is C19H18ClNO3S. The zero-order chi connectivity index (χ0) is 18.0. The highest BCUT2D eigenvalue weighted by atomic mass is 35.5. The number of fused-ring (bicyclic) bond motifs is 1. The van der Waals surface area contributed by atoms with Crippen LogP contribution in [0.4, 0.5) is 5.69 Å². The minimum absolute atomic E-state index is 0.0656. The lowest BCUT2D eigenvalue weighted by atomic mass is 10.1. The Morgan fingerprint density at radius 3 is 2.32 bits per heavy atom. The molecule has 6 heteroatoms. The maximum atomic E-state index is 12.7. The molecule has 0 aliphatic carbocycles. The van der Waals surface area contributed by atoms with Crippen LogP contribution in [0.2, 0.25) is 5.02 Å². The van der Waals surface area contributed by atoms with Crippen molar-refractivity contribution in [1.29, 1.82) is 0 Å². The van der Waals surface area contributed by atoms with Gasteiger partial charge in [-0.15, -0.1) is 0 Å². The van der Waals surface area contributed by atoms with Gasteiger partial charge in [0.25, 0.3) is 10.0 Å². The first kappa shape index (κ1) is 17.6. The van der Waals surface area contributed by atoms with Gasteiger partial charge < -0.3 is 5.11 Å². The molecule has 0 aromatic heterocycles. The van der Waals surface area contributed by atoms with Gasteiger partial charge >= 0.3 is 0 Å². The molecule has 2 N–H and O–H groups in total. The van der Waals surface area contributed by atoms with E-state index in [-0.39, 0.29) is 15.7 Å². The number of aryl methyl sites for hydroxylation is 1. The first-order chi connectivity index (χ1) is 11.9. The summed E-state index contributed by atoms with van der Waals surface area (Å²) in [6, 6.07) is 15.2. The summed E-state index contributed by atoms with van der Waals surface area (Å²) in [7, 11) is -3.76. The van der Waals surface area contributed by atoms with Gasteiger partial charge in [0, 0.05) is 10.8 Å². The van der Waals surface area contributed by atoms with Crippen molar-refractivity contribution in [2.75, 3.05) is 4.72 Å². The molecule has 0 amide bonds. The second-order valence-corrected chi connectivity index (χ2v) is 7.89. The van der Waals surface area contributed by atoms with E-state index in [1.165, 1.54) is 6.07 Å². The summed E-state index contributed by atoms with van der Waals surface area (Å²) in [5.74, 6) is -0.0656. The second kappa shape index (κ2) is 6.94. The molecule has 0 saturated heterocycles. The molecule has 0 aliphatic rings. The molecule has 0 bridgehead atoms. The summed E-state index contributed by atoms with van der Waals surface area (Å²) in [4.78, 5) is 0.181. The Balaban J connectivity index is 2.01. The Hall–Kier alpha value is -2.24. The van der Waals surface area contributed by atoms with E-state index in [4.69, 9.17) is 11.6 Å². The average molecular weight is 376 g/mol. The summed E-state index contributed by atoms with van der Waals surface area (Å²) >= 11 is 6.04. The van der Waals surface area contributed by atoms with Gasteiger partial charge in [-0.1, -0.05) is 61.3 Å². The summed E-state index contributed by atoms with van der Waals surface area (Å²) in [6.07, 6.45) is 1.91. The first-order valence-electron chi connectivity index (χ1n) is 7.94. The minimum Gasteiger partial charge on any atom is -0.506 e. The Kier molecular flexibility index (Phi) is 4.88. The van der Waals surface area contributed by atoms with Crippen molar-refractivity contribution in [2.24, 2.45) is 0 Å². The van der Waals surface area contributed by atoms with Crippen LogP contribution in [0.3, 0.4) is 0 Å². The zero-order valence-corrected chi connectivity index (χ0v) is 15.2. The van der Waals surface area contributed by atoms with Crippen LogP contribution >= 0.6 is 11.6 Å². The van der Waals surface area contributed by atoms with Crippen LogP contribution < -0.4 is 4.72 Å². The number of hydrogen-bond donors (Lipinski definition) is 2. The molecule has 3 aromatic carbocycles. The van der Waals surface area contributed by atoms with E-state index >= 15 is 0 Å². The van der Waals surface area contributed by atoms with Gasteiger partial charge in [0.15, 0.2) is 0 Å². The largest absolute Gasteiger partial charge is 0.506 e. The predicted molar refractivity (Wildman–Crippen MR) is 102 cm³/mol. The summed E-state index contributed by atoms with van der Waals surface area (Å²) in [5, 5.41) is 11.2. The fraction of sp³-hybridized carbons (Fsp3) is 0.158. The number of benzene rings is 3. The molecule has 0 fully saturated rings. The second-order valence-electron chi connectivity index (χ2n) is 5.80. The topological polar surface area (TPSA) is 66.4 Å². The maximum absolute atomic E-state index is 12.7. The van der Waals surface area contributed by atoms with Crippen molar-refractivity contribution in [1.82, 2.24) is 0 Å². The number of nitrogens with one attached hydrogen (secondary N) is 1. The van der Waals surface area contributed by atoms with Gasteiger partial charge in [-0.05, 0) is 30.2 Å². The molecular weight excluding hydrogens is 358 g/mol. The van der Waals surface area contributed by atoms with Crippen LogP contribution in [0.5, 0.6) is 5.75 Å². The Labute approximate surface area is 152 Å². The van der Waals surface area contributed by atoms with E-state index in [0.29, 0.717) is 16.5 Å². The number of sulfonamides is 1. The van der Waals surface area contributed by atoms with E-state index < -0.39 is 10.0 Å². The average Bonchev–Trinajstić information content (AvgIpc) is 2.60. The Morgan fingerprint density at radius 2 is 1.68 bits per heavy atom. The van der Waals surface area contributed by atoms with Crippen LogP contribution in [-0.2, 0) is 16.4 Å². The van der Waals surface area contributed by atoms with Crippen LogP contribution in [0.25, 0.3) is 10.8 Å². The zero-order valence-electron chi connectivity index (χ0n) is 13.7. The van der Waals surface area contributed by atoms with E-state index in [9.17, 15) is 13.5 Å². The number of aromatic hydroxyl groups is 1. The number of phenolic OH excluding ortho intramolecular Hbond substituents is 1. The van der Waals surface area contributed by atoms with Crippen LogP contribution in [0.1, 0.15) is 18.9 Å². The van der Waals surface area contributed by atoms with Crippen LogP contribution in [0.15, 0.2) is 59.5 Å². The highest BCUT2D eigenvalue weighted by Gasteiger charge is 2.17.